The summed E-state index contributed by atoms with van der Waals surface area (Å²) in [6.45, 7) is 0. The zero-order valence-electron chi connectivity index (χ0n) is 13.9. The van der Waals surface area contributed by atoms with Crippen LogP contribution in [0.15, 0.2) is 39.8 Å². The summed E-state index contributed by atoms with van der Waals surface area (Å²) in [5.74, 6) is -4.48. The van der Waals surface area contributed by atoms with E-state index in [1.54, 1.807) is 0 Å². The van der Waals surface area contributed by atoms with E-state index in [0.29, 0.717) is 6.21 Å². The number of carboxylic acid groups (broad SMARTS) is 1. The maximum atomic E-state index is 14.4. The maximum absolute atomic E-state index is 14.4. The predicted molar refractivity (Wildman–Crippen MR) is 106 cm³/mol. The number of rotatable bonds is 3. The Labute approximate surface area is 185 Å². The molecule has 0 aromatic heterocycles. The molecule has 2 aromatic carbocycles. The van der Waals surface area contributed by atoms with Crippen LogP contribution in [0.5, 0.6) is 0 Å². The van der Waals surface area contributed by atoms with Gasteiger partial charge in [0, 0.05) is 6.21 Å². The highest BCUT2D eigenvalue weighted by Crippen LogP contribution is 2.55. The molecule has 0 spiro atoms. The molecule has 0 amide bonds. The van der Waals surface area contributed by atoms with E-state index in [2.05, 4.69) is 20.9 Å². The summed E-state index contributed by atoms with van der Waals surface area (Å²) in [5, 5.41) is 9.09. The lowest BCUT2D eigenvalue weighted by atomic mass is 9.68. The number of benzene rings is 2. The quantitative estimate of drug-likeness (QED) is 0.346. The van der Waals surface area contributed by atoms with Crippen molar-refractivity contribution in [3.05, 3.63) is 66.8 Å². The molecule has 1 N–H and O–H groups in total. The molecule has 0 saturated carbocycles. The number of aliphatic carboxylic acids is 1. The van der Waals surface area contributed by atoms with Gasteiger partial charge < -0.3 is 5.11 Å². The summed E-state index contributed by atoms with van der Waals surface area (Å²) in [4.78, 5) is 15.9. The van der Waals surface area contributed by atoms with Crippen LogP contribution in [0.4, 0.5) is 17.6 Å². The SMILES string of the molecule is O=C(O)[C@@H]1[C@@H](c2ccc(F)c(Br)c2)N=C[C@@]1(c1cc(Cl)c(Cl)c(Cl)c1)C(F)(F)F. The zero-order valence-corrected chi connectivity index (χ0v) is 17.8. The highest BCUT2D eigenvalue weighted by atomic mass is 79.9. The minimum atomic E-state index is -5.06. The van der Waals surface area contributed by atoms with Crippen molar-refractivity contribution in [2.24, 2.45) is 10.9 Å². The first-order chi connectivity index (χ1) is 13.4. The molecule has 1 heterocycles. The molecule has 11 heteroatoms. The number of alkyl halides is 3. The van der Waals surface area contributed by atoms with Gasteiger partial charge in [-0.1, -0.05) is 40.9 Å². The van der Waals surface area contributed by atoms with Gasteiger partial charge in [0.1, 0.15) is 17.2 Å². The summed E-state index contributed by atoms with van der Waals surface area (Å²) in [7, 11) is 0. The number of hydrogen-bond acceptors (Lipinski definition) is 2. The van der Waals surface area contributed by atoms with Crippen molar-refractivity contribution in [3.63, 3.8) is 0 Å². The van der Waals surface area contributed by atoms with Gasteiger partial charge in [-0.3, -0.25) is 9.79 Å². The van der Waals surface area contributed by atoms with E-state index in [1.807, 2.05) is 0 Å². The van der Waals surface area contributed by atoms with Crippen LogP contribution >= 0.6 is 50.7 Å². The molecule has 3 atom stereocenters. The van der Waals surface area contributed by atoms with E-state index in [1.165, 1.54) is 12.1 Å². The average molecular weight is 534 g/mol. The van der Waals surface area contributed by atoms with Crippen molar-refractivity contribution in [2.75, 3.05) is 0 Å². The molecule has 0 radical (unpaired) electrons. The lowest BCUT2D eigenvalue weighted by Crippen LogP contribution is -2.51. The standard InChI is InChI=1S/C18H9BrCl3F4NO2/c19-9-3-7(1-2-12(9)23)15-13(16(28)29)17(6-27-15,18(24,25)26)8-4-10(20)14(22)11(21)5-8/h1-6,13,15H,(H,28,29)/t13-,15+,17-/m0/s1. The lowest BCUT2D eigenvalue weighted by Gasteiger charge is -2.35. The molecule has 0 fully saturated rings. The summed E-state index contributed by atoms with van der Waals surface area (Å²) in [5.41, 5.74) is -3.44. The van der Waals surface area contributed by atoms with Gasteiger partial charge in [-0.15, -0.1) is 0 Å². The molecule has 154 valence electrons. The Kier molecular flexibility index (Phi) is 5.95. The Bertz CT molecular complexity index is 1010. The topological polar surface area (TPSA) is 49.7 Å². The predicted octanol–water partition coefficient (Wildman–Crippen LogP) is 6.88. The first kappa shape index (κ1) is 22.3. The molecule has 3 rings (SSSR count). The molecular weight excluding hydrogens is 524 g/mol. The van der Waals surface area contributed by atoms with Crippen molar-refractivity contribution < 1.29 is 27.5 Å². The fraction of sp³-hybridized carbons (Fsp3) is 0.222. The molecule has 3 nitrogen and oxygen atoms in total. The van der Waals surface area contributed by atoms with E-state index in [4.69, 9.17) is 34.8 Å². The fourth-order valence-corrected chi connectivity index (χ4v) is 4.37. The minimum Gasteiger partial charge on any atom is -0.481 e. The van der Waals surface area contributed by atoms with Gasteiger partial charge in [0.25, 0.3) is 0 Å². The molecule has 2 aromatic rings. The van der Waals surface area contributed by atoms with Gasteiger partial charge in [-0.25, -0.2) is 4.39 Å². The van der Waals surface area contributed by atoms with Gasteiger partial charge in [0.15, 0.2) is 0 Å². The number of nitrogens with zero attached hydrogens (tertiary/aromatic N) is 1. The number of carboxylic acids is 1. The Morgan fingerprint density at radius 3 is 2.21 bits per heavy atom. The molecule has 0 bridgehead atoms. The molecule has 0 unspecified atom stereocenters. The van der Waals surface area contributed by atoms with E-state index < -0.39 is 40.9 Å². The van der Waals surface area contributed by atoms with Crippen molar-refractivity contribution in [2.45, 2.75) is 17.6 Å². The largest absolute Gasteiger partial charge is 0.481 e. The van der Waals surface area contributed by atoms with Gasteiger partial charge >= 0.3 is 12.1 Å². The lowest BCUT2D eigenvalue weighted by molar-refractivity contribution is -0.190. The molecule has 29 heavy (non-hydrogen) atoms. The molecule has 1 aliphatic rings. The third kappa shape index (κ3) is 3.65. The second-order valence-electron chi connectivity index (χ2n) is 6.33. The van der Waals surface area contributed by atoms with Crippen LogP contribution in [-0.2, 0) is 10.2 Å². The van der Waals surface area contributed by atoms with Crippen LogP contribution in [0.1, 0.15) is 17.2 Å². The van der Waals surface area contributed by atoms with Crippen molar-refractivity contribution >= 4 is 62.9 Å². The normalized spacial score (nSPS) is 24.1. The average Bonchev–Trinajstić information content (AvgIpc) is 3.03. The second kappa shape index (κ2) is 7.72. The van der Waals surface area contributed by atoms with Crippen LogP contribution in [0, 0.1) is 11.7 Å². The first-order valence-corrected chi connectivity index (χ1v) is 9.76. The molecule has 1 aliphatic heterocycles. The van der Waals surface area contributed by atoms with E-state index in [9.17, 15) is 27.5 Å². The number of carbonyl (C=O) groups is 1. The van der Waals surface area contributed by atoms with E-state index >= 15 is 0 Å². The Hall–Kier alpha value is -1.35. The molecular formula is C18H9BrCl3F4NO2. The molecule has 0 aliphatic carbocycles. The fourth-order valence-electron chi connectivity index (χ4n) is 3.38. The monoisotopic (exact) mass is 531 g/mol. The van der Waals surface area contributed by atoms with Crippen molar-refractivity contribution in [1.29, 1.82) is 0 Å². The third-order valence-corrected chi connectivity index (χ3v) is 6.53. The van der Waals surface area contributed by atoms with Gasteiger partial charge in [0.2, 0.25) is 0 Å². The Morgan fingerprint density at radius 2 is 1.72 bits per heavy atom. The van der Waals surface area contributed by atoms with Crippen LogP contribution in [0.3, 0.4) is 0 Å². The van der Waals surface area contributed by atoms with Crippen LogP contribution < -0.4 is 0 Å². The third-order valence-electron chi connectivity index (χ3n) is 4.73. The van der Waals surface area contributed by atoms with E-state index in [0.717, 1.165) is 18.2 Å². The summed E-state index contributed by atoms with van der Waals surface area (Å²) in [6.07, 6.45) is -4.52. The Morgan fingerprint density at radius 1 is 1.14 bits per heavy atom. The van der Waals surface area contributed by atoms with Crippen molar-refractivity contribution in [1.82, 2.24) is 0 Å². The first-order valence-electron chi connectivity index (χ1n) is 7.84. The second-order valence-corrected chi connectivity index (χ2v) is 8.38. The van der Waals surface area contributed by atoms with Crippen molar-refractivity contribution in [3.8, 4) is 0 Å². The van der Waals surface area contributed by atoms with E-state index in [-0.39, 0.29) is 25.1 Å². The zero-order chi connectivity index (χ0) is 21.7. The summed E-state index contributed by atoms with van der Waals surface area (Å²) >= 11 is 20.6. The number of aliphatic imine (C=N–C) groups is 1. The molecule has 0 saturated heterocycles. The highest BCUT2D eigenvalue weighted by Gasteiger charge is 2.66. The summed E-state index contributed by atoms with van der Waals surface area (Å²) in [6, 6.07) is 3.81. The van der Waals surface area contributed by atoms with Gasteiger partial charge in [0.05, 0.1) is 25.6 Å². The highest BCUT2D eigenvalue weighted by molar-refractivity contribution is 9.10. The van der Waals surface area contributed by atoms with Gasteiger partial charge in [-0.05, 0) is 51.3 Å². The number of halogens is 8. The smallest absolute Gasteiger partial charge is 0.404 e. The maximum Gasteiger partial charge on any atom is 0.404 e. The Balaban J connectivity index is 2.26. The van der Waals surface area contributed by atoms with Crippen LogP contribution in [0.25, 0.3) is 0 Å². The number of hydrogen-bond donors (Lipinski definition) is 1. The van der Waals surface area contributed by atoms with Crippen LogP contribution in [0.2, 0.25) is 15.1 Å². The van der Waals surface area contributed by atoms with Crippen LogP contribution in [-0.4, -0.2) is 23.5 Å². The minimum absolute atomic E-state index is 0.0311. The van der Waals surface area contributed by atoms with Gasteiger partial charge in [-0.2, -0.15) is 13.2 Å². The summed E-state index contributed by atoms with van der Waals surface area (Å²) < 4.78 is 56.6.